The van der Waals surface area contributed by atoms with Crippen molar-refractivity contribution in [2.45, 2.75) is 58.8 Å². The summed E-state index contributed by atoms with van der Waals surface area (Å²) in [5.41, 5.74) is 2.08. The van der Waals surface area contributed by atoms with E-state index in [9.17, 15) is 4.79 Å². The molecule has 3 heteroatoms. The van der Waals surface area contributed by atoms with E-state index in [4.69, 9.17) is 0 Å². The van der Waals surface area contributed by atoms with Crippen molar-refractivity contribution in [3.8, 4) is 0 Å². The third kappa shape index (κ3) is 4.66. The number of aromatic nitrogens is 1. The molecule has 104 valence electrons. The molecule has 0 spiro atoms. The maximum absolute atomic E-state index is 11.9. The molecule has 1 aromatic heterocycles. The van der Waals surface area contributed by atoms with Crippen molar-refractivity contribution in [2.24, 2.45) is 5.92 Å². The number of nitrogens with one attached hydrogen (secondary N) is 1. The molecule has 1 aliphatic rings. The molecule has 1 heterocycles. The van der Waals surface area contributed by atoms with Crippen molar-refractivity contribution in [1.29, 1.82) is 0 Å². The lowest BCUT2D eigenvalue weighted by atomic mass is 9.86. The second-order valence-electron chi connectivity index (χ2n) is 5.76. The highest BCUT2D eigenvalue weighted by Gasteiger charge is 2.15. The SMILES string of the molecule is Cc1cc(C)nc(NC(=O)CCC2CCCCC2)c1. The van der Waals surface area contributed by atoms with Gasteiger partial charge in [-0.1, -0.05) is 32.1 Å². The zero-order valence-electron chi connectivity index (χ0n) is 12.0. The first-order valence-corrected chi connectivity index (χ1v) is 7.38. The Morgan fingerprint density at radius 1 is 1.26 bits per heavy atom. The second-order valence-corrected chi connectivity index (χ2v) is 5.76. The van der Waals surface area contributed by atoms with E-state index in [0.717, 1.165) is 23.6 Å². The van der Waals surface area contributed by atoms with Crippen LogP contribution in [0.3, 0.4) is 0 Å². The Labute approximate surface area is 115 Å². The Bertz CT molecular complexity index is 416. The Balaban J connectivity index is 1.80. The number of aryl methyl sites for hydroxylation is 2. The van der Waals surface area contributed by atoms with Crippen molar-refractivity contribution in [2.75, 3.05) is 5.32 Å². The van der Waals surface area contributed by atoms with Gasteiger partial charge in [0, 0.05) is 12.1 Å². The normalized spacial score (nSPS) is 16.3. The van der Waals surface area contributed by atoms with E-state index in [2.05, 4.69) is 10.3 Å². The number of anilines is 1. The molecule has 0 radical (unpaired) electrons. The summed E-state index contributed by atoms with van der Waals surface area (Å²) in [5, 5.41) is 2.91. The minimum atomic E-state index is 0.100. The molecule has 3 nitrogen and oxygen atoms in total. The number of hydrogen-bond acceptors (Lipinski definition) is 2. The maximum atomic E-state index is 11.9. The monoisotopic (exact) mass is 260 g/mol. The highest BCUT2D eigenvalue weighted by Crippen LogP contribution is 2.27. The summed E-state index contributed by atoms with van der Waals surface area (Å²) in [4.78, 5) is 16.3. The van der Waals surface area contributed by atoms with E-state index in [-0.39, 0.29) is 5.91 Å². The van der Waals surface area contributed by atoms with Gasteiger partial charge in [-0.3, -0.25) is 4.79 Å². The lowest BCUT2D eigenvalue weighted by Crippen LogP contribution is -2.15. The van der Waals surface area contributed by atoms with Gasteiger partial charge in [-0.25, -0.2) is 4.98 Å². The Hall–Kier alpha value is -1.38. The third-order valence-corrected chi connectivity index (χ3v) is 3.87. The summed E-state index contributed by atoms with van der Waals surface area (Å²) in [5.74, 6) is 1.54. The fourth-order valence-electron chi connectivity index (χ4n) is 2.92. The van der Waals surface area contributed by atoms with Crippen LogP contribution in [-0.2, 0) is 4.79 Å². The lowest BCUT2D eigenvalue weighted by molar-refractivity contribution is -0.116. The van der Waals surface area contributed by atoms with E-state index in [1.807, 2.05) is 26.0 Å². The van der Waals surface area contributed by atoms with Gasteiger partial charge in [0.15, 0.2) is 0 Å². The smallest absolute Gasteiger partial charge is 0.225 e. The van der Waals surface area contributed by atoms with Crippen molar-refractivity contribution in [1.82, 2.24) is 4.98 Å². The molecule has 1 N–H and O–H groups in total. The molecule has 1 aromatic rings. The highest BCUT2D eigenvalue weighted by molar-refractivity contribution is 5.89. The van der Waals surface area contributed by atoms with Crippen LogP contribution in [0.2, 0.25) is 0 Å². The van der Waals surface area contributed by atoms with Gasteiger partial charge >= 0.3 is 0 Å². The fraction of sp³-hybridized carbons (Fsp3) is 0.625. The molecule has 1 fully saturated rings. The van der Waals surface area contributed by atoms with E-state index < -0.39 is 0 Å². The summed E-state index contributed by atoms with van der Waals surface area (Å²) in [6.45, 7) is 3.97. The first-order valence-electron chi connectivity index (χ1n) is 7.38. The van der Waals surface area contributed by atoms with Crippen molar-refractivity contribution in [3.05, 3.63) is 23.4 Å². The number of amides is 1. The minimum Gasteiger partial charge on any atom is -0.311 e. The summed E-state index contributed by atoms with van der Waals surface area (Å²) >= 11 is 0. The quantitative estimate of drug-likeness (QED) is 0.889. The Kier molecular flexibility index (Phi) is 4.94. The predicted molar refractivity (Wildman–Crippen MR) is 78.1 cm³/mol. The topological polar surface area (TPSA) is 42.0 Å². The minimum absolute atomic E-state index is 0.100. The maximum Gasteiger partial charge on any atom is 0.225 e. The van der Waals surface area contributed by atoms with Gasteiger partial charge in [-0.15, -0.1) is 0 Å². The van der Waals surface area contributed by atoms with Crippen molar-refractivity contribution < 1.29 is 4.79 Å². The number of carbonyl (C=O) groups is 1. The van der Waals surface area contributed by atoms with Crippen LogP contribution in [0.1, 0.15) is 56.2 Å². The molecule has 1 saturated carbocycles. The van der Waals surface area contributed by atoms with Gasteiger partial charge in [0.05, 0.1) is 0 Å². The molecule has 2 rings (SSSR count). The molecule has 1 aliphatic carbocycles. The molecule has 0 bridgehead atoms. The number of hydrogen-bond donors (Lipinski definition) is 1. The van der Waals surface area contributed by atoms with Crippen molar-refractivity contribution >= 4 is 11.7 Å². The lowest BCUT2D eigenvalue weighted by Gasteiger charge is -2.20. The molecule has 0 saturated heterocycles. The number of pyridine rings is 1. The first-order chi connectivity index (χ1) is 9.13. The highest BCUT2D eigenvalue weighted by atomic mass is 16.1. The van der Waals surface area contributed by atoms with Gasteiger partial charge in [0.2, 0.25) is 5.91 Å². The van der Waals surface area contributed by atoms with E-state index in [1.165, 1.54) is 32.1 Å². The average molecular weight is 260 g/mol. The third-order valence-electron chi connectivity index (χ3n) is 3.87. The van der Waals surface area contributed by atoms with E-state index in [0.29, 0.717) is 12.2 Å². The fourth-order valence-corrected chi connectivity index (χ4v) is 2.92. The zero-order chi connectivity index (χ0) is 13.7. The van der Waals surface area contributed by atoms with Crippen LogP contribution in [0, 0.1) is 19.8 Å². The predicted octanol–water partition coefficient (Wildman–Crippen LogP) is 4.00. The van der Waals surface area contributed by atoms with Crippen molar-refractivity contribution in [3.63, 3.8) is 0 Å². The Morgan fingerprint density at radius 3 is 2.68 bits per heavy atom. The second kappa shape index (κ2) is 6.69. The largest absolute Gasteiger partial charge is 0.311 e. The molecule has 0 aliphatic heterocycles. The first kappa shape index (κ1) is 14.0. The van der Waals surface area contributed by atoms with Crippen LogP contribution in [0.25, 0.3) is 0 Å². The molecule has 0 aromatic carbocycles. The van der Waals surface area contributed by atoms with Gasteiger partial charge in [-0.2, -0.15) is 0 Å². The van der Waals surface area contributed by atoms with Gasteiger partial charge < -0.3 is 5.32 Å². The van der Waals surface area contributed by atoms with Gasteiger partial charge in [0.1, 0.15) is 5.82 Å². The molecule has 0 unspecified atom stereocenters. The average Bonchev–Trinajstić information content (AvgIpc) is 2.36. The molecular formula is C16H24N2O. The molecule has 0 atom stereocenters. The zero-order valence-corrected chi connectivity index (χ0v) is 12.0. The van der Waals surface area contributed by atoms with Crippen LogP contribution >= 0.6 is 0 Å². The van der Waals surface area contributed by atoms with Crippen LogP contribution < -0.4 is 5.32 Å². The summed E-state index contributed by atoms with van der Waals surface area (Å²) < 4.78 is 0. The summed E-state index contributed by atoms with van der Waals surface area (Å²) in [7, 11) is 0. The van der Waals surface area contributed by atoms with E-state index in [1.54, 1.807) is 0 Å². The van der Waals surface area contributed by atoms with Gasteiger partial charge in [-0.05, 0) is 43.9 Å². The van der Waals surface area contributed by atoms with Crippen LogP contribution in [-0.4, -0.2) is 10.9 Å². The van der Waals surface area contributed by atoms with Gasteiger partial charge in [0.25, 0.3) is 0 Å². The summed E-state index contributed by atoms with van der Waals surface area (Å²) in [6.07, 6.45) is 8.30. The summed E-state index contributed by atoms with van der Waals surface area (Å²) in [6, 6.07) is 3.93. The standard InChI is InChI=1S/C16H24N2O/c1-12-10-13(2)17-15(11-12)18-16(19)9-8-14-6-4-3-5-7-14/h10-11,14H,3-9H2,1-2H3,(H,17,18,19). The molecule has 19 heavy (non-hydrogen) atoms. The number of carbonyl (C=O) groups excluding carboxylic acids is 1. The van der Waals surface area contributed by atoms with Crippen LogP contribution in [0.15, 0.2) is 12.1 Å². The molecule has 1 amide bonds. The van der Waals surface area contributed by atoms with E-state index >= 15 is 0 Å². The van der Waals surface area contributed by atoms with Crippen LogP contribution in [0.5, 0.6) is 0 Å². The number of nitrogens with zero attached hydrogens (tertiary/aromatic N) is 1. The Morgan fingerprint density at radius 2 is 2.00 bits per heavy atom. The molecular weight excluding hydrogens is 236 g/mol. The number of rotatable bonds is 4. The van der Waals surface area contributed by atoms with Crippen LogP contribution in [0.4, 0.5) is 5.82 Å².